The van der Waals surface area contributed by atoms with Gasteiger partial charge in [-0.25, -0.2) is 8.42 Å². The van der Waals surface area contributed by atoms with Gasteiger partial charge in [0.25, 0.3) is 0 Å². The molecule has 0 radical (unpaired) electrons. The Labute approximate surface area is 79.9 Å². The van der Waals surface area contributed by atoms with Crippen LogP contribution in [0.5, 0.6) is 0 Å². The molecule has 0 aliphatic carbocycles. The molecule has 0 aromatic rings. The van der Waals surface area contributed by atoms with Crippen LogP contribution in [0.4, 0.5) is 0 Å². The molecule has 0 N–H and O–H groups in total. The first kappa shape index (κ1) is 11.9. The maximum atomic E-state index is 11.7. The Kier molecular flexibility index (Phi) is 4.42. The van der Waals surface area contributed by atoms with Crippen molar-refractivity contribution in [2.75, 3.05) is 0 Å². The predicted molar refractivity (Wildman–Crippen MR) is 57.3 cm³/mol. The Morgan fingerprint density at radius 1 is 0.769 bits per heavy atom. The Morgan fingerprint density at radius 2 is 1.00 bits per heavy atom. The van der Waals surface area contributed by atoms with Crippen molar-refractivity contribution in [3.63, 3.8) is 0 Å². The van der Waals surface area contributed by atoms with E-state index in [1.165, 1.54) is 24.3 Å². The SMILES string of the molecule is C=CC(C=C)S(=O)(=O)C(C=C)C=C. The molecule has 0 fully saturated rings. The van der Waals surface area contributed by atoms with Gasteiger partial charge in [-0.15, -0.1) is 26.3 Å². The van der Waals surface area contributed by atoms with E-state index in [0.29, 0.717) is 0 Å². The highest BCUT2D eigenvalue weighted by Gasteiger charge is 2.25. The summed E-state index contributed by atoms with van der Waals surface area (Å²) in [6.07, 6.45) is 5.34. The van der Waals surface area contributed by atoms with Crippen molar-refractivity contribution in [1.29, 1.82) is 0 Å². The van der Waals surface area contributed by atoms with Gasteiger partial charge < -0.3 is 0 Å². The van der Waals surface area contributed by atoms with Gasteiger partial charge in [0.1, 0.15) is 0 Å². The van der Waals surface area contributed by atoms with E-state index in [-0.39, 0.29) is 0 Å². The topological polar surface area (TPSA) is 34.1 Å². The highest BCUT2D eigenvalue weighted by molar-refractivity contribution is 7.93. The van der Waals surface area contributed by atoms with Crippen LogP contribution in [0, 0.1) is 0 Å². The summed E-state index contributed by atoms with van der Waals surface area (Å²) in [5, 5.41) is -1.48. The second-order valence-corrected chi connectivity index (χ2v) is 4.73. The molecule has 0 saturated heterocycles. The lowest BCUT2D eigenvalue weighted by Gasteiger charge is -2.13. The first-order valence-electron chi connectivity index (χ1n) is 3.77. The van der Waals surface area contributed by atoms with Crippen LogP contribution >= 0.6 is 0 Å². The van der Waals surface area contributed by atoms with E-state index in [9.17, 15) is 8.42 Å². The van der Waals surface area contributed by atoms with E-state index in [4.69, 9.17) is 0 Å². The zero-order chi connectivity index (χ0) is 10.5. The van der Waals surface area contributed by atoms with Crippen molar-refractivity contribution in [2.45, 2.75) is 10.5 Å². The van der Waals surface area contributed by atoms with Crippen molar-refractivity contribution >= 4 is 9.84 Å². The minimum absolute atomic E-state index is 0.742. The first-order chi connectivity index (χ1) is 6.04. The van der Waals surface area contributed by atoms with E-state index < -0.39 is 20.3 Å². The Balaban J connectivity index is 5.14. The molecular formula is C10H14O2S. The van der Waals surface area contributed by atoms with Crippen molar-refractivity contribution in [3.8, 4) is 0 Å². The van der Waals surface area contributed by atoms with Crippen LogP contribution in [0.1, 0.15) is 0 Å². The summed E-state index contributed by atoms with van der Waals surface area (Å²) in [6, 6.07) is 0. The third kappa shape index (κ3) is 2.42. The average Bonchev–Trinajstić information content (AvgIpc) is 2.07. The third-order valence-electron chi connectivity index (χ3n) is 1.69. The van der Waals surface area contributed by atoms with Crippen LogP contribution in [-0.4, -0.2) is 18.9 Å². The van der Waals surface area contributed by atoms with Crippen LogP contribution in [0.15, 0.2) is 50.6 Å². The smallest absolute Gasteiger partial charge is 0.170 e. The monoisotopic (exact) mass is 198 g/mol. The molecule has 0 unspecified atom stereocenters. The zero-order valence-electron chi connectivity index (χ0n) is 7.52. The van der Waals surface area contributed by atoms with Crippen molar-refractivity contribution in [2.24, 2.45) is 0 Å². The number of rotatable bonds is 6. The lowest BCUT2D eigenvalue weighted by Crippen LogP contribution is -2.26. The molecule has 0 bridgehead atoms. The fourth-order valence-electron chi connectivity index (χ4n) is 0.910. The lowest BCUT2D eigenvalue weighted by molar-refractivity contribution is 0.592. The van der Waals surface area contributed by atoms with E-state index in [0.717, 1.165) is 0 Å². The Morgan fingerprint density at radius 3 is 1.15 bits per heavy atom. The van der Waals surface area contributed by atoms with E-state index >= 15 is 0 Å². The van der Waals surface area contributed by atoms with E-state index in [1.807, 2.05) is 0 Å². The molecule has 0 aliphatic heterocycles. The molecule has 0 rings (SSSR count). The van der Waals surface area contributed by atoms with Gasteiger partial charge in [-0.3, -0.25) is 0 Å². The number of hydrogen-bond donors (Lipinski definition) is 0. The van der Waals surface area contributed by atoms with Crippen LogP contribution < -0.4 is 0 Å². The molecule has 0 atom stereocenters. The highest BCUT2D eigenvalue weighted by Crippen LogP contribution is 2.13. The predicted octanol–water partition coefficient (Wildman–Crippen LogP) is 1.88. The van der Waals surface area contributed by atoms with Crippen LogP contribution in [0.3, 0.4) is 0 Å². The maximum absolute atomic E-state index is 11.7. The molecule has 0 saturated carbocycles. The minimum Gasteiger partial charge on any atom is -0.227 e. The fraction of sp³-hybridized carbons (Fsp3) is 0.200. The Hall–Kier alpha value is -1.09. The van der Waals surface area contributed by atoms with Gasteiger partial charge in [0.05, 0.1) is 10.5 Å². The largest absolute Gasteiger partial charge is 0.227 e. The number of sulfone groups is 1. The summed E-state index contributed by atoms with van der Waals surface area (Å²) < 4.78 is 23.3. The van der Waals surface area contributed by atoms with Gasteiger partial charge in [-0.1, -0.05) is 24.3 Å². The van der Waals surface area contributed by atoms with Gasteiger partial charge >= 0.3 is 0 Å². The molecule has 3 heteroatoms. The quantitative estimate of drug-likeness (QED) is 0.611. The number of hydrogen-bond acceptors (Lipinski definition) is 2. The lowest BCUT2D eigenvalue weighted by atomic mass is 10.4. The third-order valence-corrected chi connectivity index (χ3v) is 3.98. The first-order valence-corrected chi connectivity index (χ1v) is 5.38. The van der Waals surface area contributed by atoms with Gasteiger partial charge in [-0.2, -0.15) is 0 Å². The summed E-state index contributed by atoms with van der Waals surface area (Å²) in [5.74, 6) is 0. The van der Waals surface area contributed by atoms with Gasteiger partial charge in [0, 0.05) is 0 Å². The zero-order valence-corrected chi connectivity index (χ0v) is 8.33. The van der Waals surface area contributed by atoms with E-state index in [1.54, 1.807) is 0 Å². The minimum atomic E-state index is -3.34. The van der Waals surface area contributed by atoms with Crippen molar-refractivity contribution in [3.05, 3.63) is 50.6 Å². The summed E-state index contributed by atoms with van der Waals surface area (Å²) in [6.45, 7) is 13.7. The van der Waals surface area contributed by atoms with Crippen molar-refractivity contribution < 1.29 is 8.42 Å². The molecule has 0 aromatic heterocycles. The van der Waals surface area contributed by atoms with Crippen LogP contribution in [0.25, 0.3) is 0 Å². The second kappa shape index (κ2) is 4.82. The Bertz CT molecular complexity index is 270. The van der Waals surface area contributed by atoms with Gasteiger partial charge in [-0.05, 0) is 0 Å². The molecule has 13 heavy (non-hydrogen) atoms. The molecule has 0 aromatic carbocycles. The molecular weight excluding hydrogens is 184 g/mol. The van der Waals surface area contributed by atoms with Crippen molar-refractivity contribution in [1.82, 2.24) is 0 Å². The average molecular weight is 198 g/mol. The molecule has 0 aliphatic rings. The standard InChI is InChI=1S/C10H14O2S/c1-5-9(6-2)13(11,12)10(7-3)8-4/h5-10H,1-4H2. The summed E-state index contributed by atoms with van der Waals surface area (Å²) in [5.41, 5.74) is 0. The normalized spacial score (nSPS) is 11.2. The van der Waals surface area contributed by atoms with Crippen LogP contribution in [-0.2, 0) is 9.84 Å². The van der Waals surface area contributed by atoms with E-state index in [2.05, 4.69) is 26.3 Å². The fourth-order valence-corrected chi connectivity index (χ4v) is 2.35. The second-order valence-electron chi connectivity index (χ2n) is 2.46. The molecule has 0 spiro atoms. The summed E-state index contributed by atoms with van der Waals surface area (Å²) in [4.78, 5) is 0. The molecule has 0 amide bonds. The molecule has 72 valence electrons. The van der Waals surface area contributed by atoms with Gasteiger partial charge in [0.2, 0.25) is 0 Å². The summed E-state index contributed by atoms with van der Waals surface area (Å²) >= 11 is 0. The highest BCUT2D eigenvalue weighted by atomic mass is 32.2. The van der Waals surface area contributed by atoms with Gasteiger partial charge in [0.15, 0.2) is 9.84 Å². The molecule has 0 heterocycles. The van der Waals surface area contributed by atoms with Crippen LogP contribution in [0.2, 0.25) is 0 Å². The maximum Gasteiger partial charge on any atom is 0.170 e. The molecule has 2 nitrogen and oxygen atoms in total. The summed E-state index contributed by atoms with van der Waals surface area (Å²) in [7, 11) is -3.34.